The number of methoxy groups -OCH3 is 1. The smallest absolute Gasteiger partial charge is 0.273 e. The molecule has 1 aliphatic rings. The molecule has 0 heterocycles. The highest BCUT2D eigenvalue weighted by Crippen LogP contribution is 2.36. The summed E-state index contributed by atoms with van der Waals surface area (Å²) >= 11 is 12.7. The molecule has 240 valence electrons. The van der Waals surface area contributed by atoms with Crippen molar-refractivity contribution in [1.82, 2.24) is 10.2 Å². The minimum Gasteiger partial charge on any atom is -0.495 e. The fourth-order valence-corrected chi connectivity index (χ4v) is 7.03. The lowest BCUT2D eigenvalue weighted by Crippen LogP contribution is -2.52. The summed E-state index contributed by atoms with van der Waals surface area (Å²) in [5.74, 6) is -1.02. The first-order valence-corrected chi connectivity index (χ1v) is 16.5. The third-order valence-electron chi connectivity index (χ3n) is 7.82. The van der Waals surface area contributed by atoms with Gasteiger partial charge in [0.25, 0.3) is 15.7 Å². The average Bonchev–Trinajstić information content (AvgIpc) is 3.52. The maximum Gasteiger partial charge on any atom is 0.273 e. The predicted octanol–water partition coefficient (Wildman–Crippen LogP) is 5.89. The van der Waals surface area contributed by atoms with Gasteiger partial charge in [-0.2, -0.15) is 0 Å². The standard InChI is InChI=1S/C31H34Cl2N4O7S/c1-20-12-14-25(17-27(20)37(40)41)45(42,43)36(28-16-23(32)13-15-29(28)44-3)19-30(38)35(18-22-8-4-7-11-26(22)33)21(2)31(39)34-24-9-5-6-10-24/h4,7-8,11-17,21,24H,5-6,9-10,18-19H2,1-3H3,(H,34,39). The summed E-state index contributed by atoms with van der Waals surface area (Å²) in [7, 11) is -3.31. The number of halogens is 2. The number of nitro groups is 1. The van der Waals surface area contributed by atoms with Crippen LogP contribution in [0, 0.1) is 17.0 Å². The number of hydrogen-bond acceptors (Lipinski definition) is 7. The number of nitrogens with zero attached hydrogens (tertiary/aromatic N) is 3. The number of sulfonamides is 1. The molecule has 0 aromatic heterocycles. The van der Waals surface area contributed by atoms with Crippen LogP contribution >= 0.6 is 23.2 Å². The quantitative estimate of drug-likeness (QED) is 0.186. The van der Waals surface area contributed by atoms with Crippen molar-refractivity contribution in [1.29, 1.82) is 0 Å². The maximum absolute atomic E-state index is 14.2. The van der Waals surface area contributed by atoms with E-state index in [1.165, 1.54) is 49.3 Å². The van der Waals surface area contributed by atoms with Crippen LogP contribution in [-0.2, 0) is 26.2 Å². The van der Waals surface area contributed by atoms with Crippen molar-refractivity contribution in [3.8, 4) is 5.75 Å². The summed E-state index contributed by atoms with van der Waals surface area (Å²) in [6, 6.07) is 13.6. The first-order chi connectivity index (χ1) is 21.3. The van der Waals surface area contributed by atoms with Crippen molar-refractivity contribution in [3.63, 3.8) is 0 Å². The SMILES string of the molecule is COc1ccc(Cl)cc1N(CC(=O)N(Cc1ccccc1Cl)C(C)C(=O)NC1CCCC1)S(=O)(=O)c1ccc(C)c([N+](=O)[O-])c1. The van der Waals surface area contributed by atoms with Gasteiger partial charge in [0.1, 0.15) is 18.3 Å². The summed E-state index contributed by atoms with van der Waals surface area (Å²) in [4.78, 5) is 39.5. The Hall–Kier alpha value is -3.87. The number of nitrogens with one attached hydrogen (secondary N) is 1. The molecule has 3 aromatic carbocycles. The number of amides is 2. The summed E-state index contributed by atoms with van der Waals surface area (Å²) in [5.41, 5.74) is 0.340. The largest absolute Gasteiger partial charge is 0.495 e. The molecule has 3 aromatic rings. The predicted molar refractivity (Wildman–Crippen MR) is 172 cm³/mol. The van der Waals surface area contributed by atoms with Gasteiger partial charge < -0.3 is 15.0 Å². The topological polar surface area (TPSA) is 139 Å². The molecule has 1 atom stereocenters. The lowest BCUT2D eigenvalue weighted by molar-refractivity contribution is -0.385. The van der Waals surface area contributed by atoms with Gasteiger partial charge in [0.05, 0.1) is 22.6 Å². The van der Waals surface area contributed by atoms with Gasteiger partial charge in [0, 0.05) is 34.3 Å². The summed E-state index contributed by atoms with van der Waals surface area (Å²) in [5, 5.41) is 15.2. The lowest BCUT2D eigenvalue weighted by Gasteiger charge is -2.33. The molecule has 11 nitrogen and oxygen atoms in total. The molecular weight excluding hydrogens is 643 g/mol. The molecule has 1 unspecified atom stereocenters. The van der Waals surface area contributed by atoms with E-state index in [-0.39, 0.29) is 40.5 Å². The Labute approximate surface area is 272 Å². The number of hydrogen-bond donors (Lipinski definition) is 1. The Morgan fingerprint density at radius 2 is 1.78 bits per heavy atom. The highest BCUT2D eigenvalue weighted by atomic mass is 35.5. The Kier molecular flexibility index (Phi) is 10.9. The van der Waals surface area contributed by atoms with Crippen LogP contribution < -0.4 is 14.4 Å². The van der Waals surface area contributed by atoms with Crippen LogP contribution in [0.1, 0.15) is 43.7 Å². The molecule has 4 rings (SSSR count). The number of carbonyl (C=O) groups excluding carboxylic acids is 2. The third-order valence-corrected chi connectivity index (χ3v) is 10.2. The van der Waals surface area contributed by atoms with Crippen molar-refractivity contribution in [2.75, 3.05) is 18.0 Å². The molecule has 0 saturated heterocycles. The van der Waals surface area contributed by atoms with Gasteiger partial charge in [-0.05, 0) is 62.6 Å². The highest BCUT2D eigenvalue weighted by molar-refractivity contribution is 7.92. The number of aryl methyl sites for hydroxylation is 1. The number of nitro benzene ring substituents is 1. The van der Waals surface area contributed by atoms with Crippen molar-refractivity contribution in [2.24, 2.45) is 0 Å². The molecule has 45 heavy (non-hydrogen) atoms. The molecule has 14 heteroatoms. The Balaban J connectivity index is 1.79. The van der Waals surface area contributed by atoms with Crippen LogP contribution in [0.25, 0.3) is 0 Å². The molecule has 0 bridgehead atoms. The first-order valence-electron chi connectivity index (χ1n) is 14.3. The zero-order valence-electron chi connectivity index (χ0n) is 25.0. The van der Waals surface area contributed by atoms with Gasteiger partial charge in [0.2, 0.25) is 11.8 Å². The van der Waals surface area contributed by atoms with Crippen LogP contribution in [0.2, 0.25) is 10.0 Å². The molecule has 1 N–H and O–H groups in total. The monoisotopic (exact) mass is 676 g/mol. The fourth-order valence-electron chi connectivity index (χ4n) is 5.23. The van der Waals surface area contributed by atoms with Gasteiger partial charge in [-0.3, -0.25) is 24.0 Å². The number of anilines is 1. The molecule has 0 aliphatic heterocycles. The summed E-state index contributed by atoms with van der Waals surface area (Å²) in [6.45, 7) is 2.18. The zero-order valence-corrected chi connectivity index (χ0v) is 27.4. The van der Waals surface area contributed by atoms with E-state index in [9.17, 15) is 28.1 Å². The van der Waals surface area contributed by atoms with Crippen molar-refractivity contribution in [3.05, 3.63) is 92.0 Å². The minimum absolute atomic E-state index is 0.0119. The van der Waals surface area contributed by atoms with E-state index in [4.69, 9.17) is 27.9 Å². The second-order valence-electron chi connectivity index (χ2n) is 10.8. The molecule has 1 fully saturated rings. The molecular formula is C31H34Cl2N4O7S. The molecule has 0 radical (unpaired) electrons. The number of carbonyl (C=O) groups is 2. The first kappa shape index (κ1) is 34.0. The Morgan fingerprint density at radius 3 is 2.42 bits per heavy atom. The Morgan fingerprint density at radius 1 is 1.09 bits per heavy atom. The highest BCUT2D eigenvalue weighted by Gasteiger charge is 2.35. The average molecular weight is 678 g/mol. The molecule has 1 aliphatic carbocycles. The van der Waals surface area contributed by atoms with Gasteiger partial charge >= 0.3 is 0 Å². The summed E-state index contributed by atoms with van der Waals surface area (Å²) in [6.07, 6.45) is 3.65. The van der Waals surface area contributed by atoms with Crippen LogP contribution in [0.4, 0.5) is 11.4 Å². The van der Waals surface area contributed by atoms with E-state index < -0.39 is 44.0 Å². The molecule has 1 saturated carbocycles. The van der Waals surface area contributed by atoms with E-state index in [2.05, 4.69) is 5.32 Å². The summed E-state index contributed by atoms with van der Waals surface area (Å²) < 4.78 is 34.7. The zero-order chi connectivity index (χ0) is 32.9. The Bertz CT molecular complexity index is 1700. The maximum atomic E-state index is 14.2. The van der Waals surface area contributed by atoms with Crippen LogP contribution in [0.3, 0.4) is 0 Å². The molecule has 0 spiro atoms. The van der Waals surface area contributed by atoms with Crippen molar-refractivity contribution in [2.45, 2.75) is 63.1 Å². The number of benzene rings is 3. The lowest BCUT2D eigenvalue weighted by atomic mass is 10.1. The second kappa shape index (κ2) is 14.5. The van der Waals surface area contributed by atoms with Crippen LogP contribution in [0.5, 0.6) is 5.75 Å². The van der Waals surface area contributed by atoms with Gasteiger partial charge in [-0.25, -0.2) is 8.42 Å². The number of rotatable bonds is 12. The van der Waals surface area contributed by atoms with Crippen LogP contribution in [-0.4, -0.2) is 55.8 Å². The van der Waals surface area contributed by atoms with E-state index in [1.54, 1.807) is 31.2 Å². The van der Waals surface area contributed by atoms with E-state index >= 15 is 0 Å². The van der Waals surface area contributed by atoms with Crippen molar-refractivity contribution >= 4 is 56.4 Å². The van der Waals surface area contributed by atoms with Crippen LogP contribution in [0.15, 0.2) is 65.6 Å². The minimum atomic E-state index is -4.63. The molecule has 2 amide bonds. The van der Waals surface area contributed by atoms with Crippen molar-refractivity contribution < 1.29 is 27.7 Å². The normalized spacial score (nSPS) is 14.1. The van der Waals surface area contributed by atoms with Gasteiger partial charge in [-0.15, -0.1) is 0 Å². The second-order valence-corrected chi connectivity index (χ2v) is 13.5. The van der Waals surface area contributed by atoms with Gasteiger partial charge in [-0.1, -0.05) is 60.3 Å². The van der Waals surface area contributed by atoms with E-state index in [0.717, 1.165) is 36.1 Å². The van der Waals surface area contributed by atoms with E-state index in [0.29, 0.717) is 10.6 Å². The number of ether oxygens (including phenoxy) is 1. The van der Waals surface area contributed by atoms with Gasteiger partial charge in [0.15, 0.2) is 0 Å². The third kappa shape index (κ3) is 7.86. The fraction of sp³-hybridized carbons (Fsp3) is 0.355. The van der Waals surface area contributed by atoms with E-state index in [1.807, 2.05) is 0 Å².